The lowest BCUT2D eigenvalue weighted by atomic mass is 10.1. The van der Waals surface area contributed by atoms with Crippen LogP contribution in [0.15, 0.2) is 42.5 Å². The molecule has 0 bridgehead atoms. The average molecular weight is 410 g/mol. The van der Waals surface area contributed by atoms with Gasteiger partial charge in [0, 0.05) is 18.3 Å². The SMILES string of the molecule is CC(=O)c1ccc(OCC(=O)OCC(=O)Nc2ccc3c(c2)C(=O)N(C)C3=O)cc1. The van der Waals surface area contributed by atoms with Crippen molar-refractivity contribution in [2.75, 3.05) is 25.6 Å². The molecule has 0 aromatic heterocycles. The third-order valence-corrected chi connectivity index (χ3v) is 4.36. The number of fused-ring (bicyclic) bond motifs is 1. The summed E-state index contributed by atoms with van der Waals surface area (Å²) in [6.45, 7) is 0.487. The van der Waals surface area contributed by atoms with Crippen LogP contribution >= 0.6 is 0 Å². The van der Waals surface area contributed by atoms with E-state index in [0.717, 1.165) is 4.90 Å². The molecule has 1 aliphatic rings. The summed E-state index contributed by atoms with van der Waals surface area (Å²) in [5, 5.41) is 2.50. The molecule has 154 valence electrons. The number of hydrogen-bond donors (Lipinski definition) is 1. The normalized spacial score (nSPS) is 12.4. The Morgan fingerprint density at radius 2 is 1.60 bits per heavy atom. The number of amides is 3. The van der Waals surface area contributed by atoms with Crippen molar-refractivity contribution in [3.63, 3.8) is 0 Å². The minimum Gasteiger partial charge on any atom is -0.482 e. The molecule has 0 atom stereocenters. The van der Waals surface area contributed by atoms with Crippen molar-refractivity contribution in [1.82, 2.24) is 4.90 Å². The summed E-state index contributed by atoms with van der Waals surface area (Å²) in [5.41, 5.74) is 1.28. The van der Waals surface area contributed by atoms with Gasteiger partial charge in [-0.05, 0) is 49.4 Å². The Bertz CT molecular complexity index is 1040. The van der Waals surface area contributed by atoms with Gasteiger partial charge in [-0.3, -0.25) is 24.1 Å². The standard InChI is InChI=1S/C21H18N2O7/c1-12(24)13-3-6-15(7-4-13)29-11-19(26)30-10-18(25)22-14-5-8-16-17(9-14)21(28)23(2)20(16)27/h3-9H,10-11H2,1-2H3,(H,22,25). The van der Waals surface area contributed by atoms with E-state index in [1.54, 1.807) is 24.3 Å². The number of carbonyl (C=O) groups excluding carboxylic acids is 5. The first-order chi connectivity index (χ1) is 14.3. The number of ether oxygens (including phenoxy) is 2. The Hall–Kier alpha value is -4.01. The summed E-state index contributed by atoms with van der Waals surface area (Å²) in [6.07, 6.45) is 0. The van der Waals surface area contributed by atoms with E-state index in [-0.39, 0.29) is 16.9 Å². The first kappa shape index (κ1) is 20.7. The van der Waals surface area contributed by atoms with E-state index < -0.39 is 36.9 Å². The number of rotatable bonds is 7. The van der Waals surface area contributed by atoms with Gasteiger partial charge in [0.1, 0.15) is 5.75 Å². The van der Waals surface area contributed by atoms with E-state index in [1.165, 1.54) is 32.2 Å². The third-order valence-electron chi connectivity index (χ3n) is 4.36. The van der Waals surface area contributed by atoms with E-state index in [2.05, 4.69) is 5.32 Å². The number of Topliss-reactive ketones (excluding diaryl/α,β-unsaturated/α-hetero) is 1. The highest BCUT2D eigenvalue weighted by molar-refractivity contribution is 6.21. The van der Waals surface area contributed by atoms with Crippen molar-refractivity contribution in [2.45, 2.75) is 6.92 Å². The molecule has 0 aliphatic carbocycles. The van der Waals surface area contributed by atoms with Crippen molar-refractivity contribution < 1.29 is 33.4 Å². The number of nitrogens with zero attached hydrogens (tertiary/aromatic N) is 1. The maximum atomic E-state index is 12.0. The fourth-order valence-corrected chi connectivity index (χ4v) is 2.75. The van der Waals surface area contributed by atoms with E-state index in [9.17, 15) is 24.0 Å². The van der Waals surface area contributed by atoms with Crippen LogP contribution in [0.25, 0.3) is 0 Å². The van der Waals surface area contributed by atoms with Crippen molar-refractivity contribution in [3.05, 3.63) is 59.2 Å². The van der Waals surface area contributed by atoms with E-state index in [0.29, 0.717) is 17.0 Å². The summed E-state index contributed by atoms with van der Waals surface area (Å²) >= 11 is 0. The highest BCUT2D eigenvalue weighted by Gasteiger charge is 2.32. The number of hydrogen-bond acceptors (Lipinski definition) is 7. The molecule has 3 rings (SSSR count). The molecule has 0 radical (unpaired) electrons. The van der Waals surface area contributed by atoms with Crippen LogP contribution in [0.1, 0.15) is 38.0 Å². The van der Waals surface area contributed by atoms with Crippen LogP contribution in [-0.2, 0) is 14.3 Å². The van der Waals surface area contributed by atoms with Gasteiger partial charge in [-0.1, -0.05) is 0 Å². The molecule has 1 aliphatic heterocycles. The molecule has 3 amide bonds. The molecule has 1 heterocycles. The Kier molecular flexibility index (Phi) is 5.91. The summed E-state index contributed by atoms with van der Waals surface area (Å²) < 4.78 is 10.1. The number of carbonyl (C=O) groups is 5. The first-order valence-electron chi connectivity index (χ1n) is 8.92. The van der Waals surface area contributed by atoms with Gasteiger partial charge in [0.05, 0.1) is 11.1 Å². The molecular weight excluding hydrogens is 392 g/mol. The van der Waals surface area contributed by atoms with Crippen molar-refractivity contribution in [1.29, 1.82) is 0 Å². The zero-order chi connectivity index (χ0) is 21.8. The van der Waals surface area contributed by atoms with Gasteiger partial charge in [-0.25, -0.2) is 4.79 Å². The van der Waals surface area contributed by atoms with E-state index in [1.807, 2.05) is 0 Å². The van der Waals surface area contributed by atoms with Crippen LogP contribution in [0.2, 0.25) is 0 Å². The summed E-state index contributed by atoms with van der Waals surface area (Å²) in [7, 11) is 1.38. The summed E-state index contributed by atoms with van der Waals surface area (Å²) in [4.78, 5) is 59.8. The minimum atomic E-state index is -0.753. The molecule has 9 heteroatoms. The van der Waals surface area contributed by atoms with Crippen molar-refractivity contribution in [3.8, 4) is 5.75 Å². The minimum absolute atomic E-state index is 0.0849. The maximum Gasteiger partial charge on any atom is 0.344 e. The number of esters is 1. The molecule has 2 aromatic rings. The van der Waals surface area contributed by atoms with Crippen LogP contribution in [0.4, 0.5) is 5.69 Å². The third kappa shape index (κ3) is 4.52. The van der Waals surface area contributed by atoms with Crippen molar-refractivity contribution in [2.24, 2.45) is 0 Å². The monoisotopic (exact) mass is 410 g/mol. The van der Waals surface area contributed by atoms with Gasteiger partial charge in [0.25, 0.3) is 17.7 Å². The van der Waals surface area contributed by atoms with Gasteiger partial charge < -0.3 is 14.8 Å². The lowest BCUT2D eigenvalue weighted by Crippen LogP contribution is -2.24. The van der Waals surface area contributed by atoms with Crippen LogP contribution in [0.3, 0.4) is 0 Å². The zero-order valence-electron chi connectivity index (χ0n) is 16.3. The Labute approximate surface area is 171 Å². The molecule has 30 heavy (non-hydrogen) atoms. The molecule has 9 nitrogen and oxygen atoms in total. The molecular formula is C21H18N2O7. The first-order valence-corrected chi connectivity index (χ1v) is 8.92. The summed E-state index contributed by atoms with van der Waals surface area (Å²) in [5.74, 6) is -1.93. The fraction of sp³-hybridized carbons (Fsp3) is 0.190. The fourth-order valence-electron chi connectivity index (χ4n) is 2.75. The van der Waals surface area contributed by atoms with Gasteiger partial charge in [0.2, 0.25) is 0 Å². The van der Waals surface area contributed by atoms with E-state index in [4.69, 9.17) is 9.47 Å². The summed E-state index contributed by atoms with van der Waals surface area (Å²) in [6, 6.07) is 10.6. The highest BCUT2D eigenvalue weighted by Crippen LogP contribution is 2.24. The lowest BCUT2D eigenvalue weighted by Gasteiger charge is -2.08. The largest absolute Gasteiger partial charge is 0.482 e. The number of benzene rings is 2. The smallest absolute Gasteiger partial charge is 0.344 e. The Morgan fingerprint density at radius 3 is 2.27 bits per heavy atom. The van der Waals surface area contributed by atoms with Crippen LogP contribution < -0.4 is 10.1 Å². The van der Waals surface area contributed by atoms with Gasteiger partial charge in [0.15, 0.2) is 19.0 Å². The second-order valence-electron chi connectivity index (χ2n) is 6.51. The number of ketones is 1. The number of imide groups is 1. The topological polar surface area (TPSA) is 119 Å². The number of nitrogens with one attached hydrogen (secondary N) is 1. The highest BCUT2D eigenvalue weighted by atomic mass is 16.6. The molecule has 2 aromatic carbocycles. The lowest BCUT2D eigenvalue weighted by molar-refractivity contribution is -0.149. The quantitative estimate of drug-likeness (QED) is 0.419. The molecule has 0 unspecified atom stereocenters. The van der Waals surface area contributed by atoms with Crippen LogP contribution in [-0.4, -0.2) is 54.6 Å². The molecule has 0 fully saturated rings. The predicted octanol–water partition coefficient (Wildman–Crippen LogP) is 1.68. The van der Waals surface area contributed by atoms with Gasteiger partial charge in [-0.15, -0.1) is 0 Å². The molecule has 1 N–H and O–H groups in total. The molecule has 0 saturated carbocycles. The van der Waals surface area contributed by atoms with Crippen LogP contribution in [0.5, 0.6) is 5.75 Å². The molecule has 0 spiro atoms. The Balaban J connectivity index is 1.47. The number of anilines is 1. The van der Waals surface area contributed by atoms with Crippen molar-refractivity contribution >= 4 is 35.2 Å². The Morgan fingerprint density at radius 1 is 0.933 bits per heavy atom. The van der Waals surface area contributed by atoms with Crippen LogP contribution in [0, 0.1) is 0 Å². The zero-order valence-corrected chi connectivity index (χ0v) is 16.3. The second-order valence-corrected chi connectivity index (χ2v) is 6.51. The maximum absolute atomic E-state index is 12.0. The average Bonchev–Trinajstić information content (AvgIpc) is 2.95. The second kappa shape index (κ2) is 8.56. The molecule has 0 saturated heterocycles. The van der Waals surface area contributed by atoms with E-state index >= 15 is 0 Å². The van der Waals surface area contributed by atoms with Gasteiger partial charge >= 0.3 is 5.97 Å². The van der Waals surface area contributed by atoms with Gasteiger partial charge in [-0.2, -0.15) is 0 Å². The predicted molar refractivity (Wildman–Crippen MR) is 104 cm³/mol.